The minimum atomic E-state index is -0.175. The van der Waals surface area contributed by atoms with Crippen LogP contribution in [0.4, 0.5) is 10.5 Å². The molecule has 1 saturated carbocycles. The molecule has 1 aliphatic heterocycles. The number of nitrogens with one attached hydrogen (secondary N) is 2. The summed E-state index contributed by atoms with van der Waals surface area (Å²) >= 11 is 0. The van der Waals surface area contributed by atoms with E-state index in [0.29, 0.717) is 42.6 Å². The number of hydrogen-bond donors (Lipinski definition) is 3. The van der Waals surface area contributed by atoms with E-state index >= 15 is 0 Å². The minimum Gasteiger partial charge on any atom is -0.495 e. The molecule has 2 fully saturated rings. The van der Waals surface area contributed by atoms with Gasteiger partial charge in [0.1, 0.15) is 5.75 Å². The summed E-state index contributed by atoms with van der Waals surface area (Å²) in [7, 11) is 1.56. The van der Waals surface area contributed by atoms with Crippen molar-refractivity contribution in [3.63, 3.8) is 0 Å². The van der Waals surface area contributed by atoms with Gasteiger partial charge in [0, 0.05) is 24.7 Å². The number of ether oxygens (including phenoxy) is 1. The number of methoxy groups -OCH3 is 1. The fourth-order valence-electron chi connectivity index (χ4n) is 3.68. The highest BCUT2D eigenvalue weighted by molar-refractivity contribution is 6.00. The molecule has 2 atom stereocenters. The second-order valence-corrected chi connectivity index (χ2v) is 6.63. The number of hydrogen-bond acceptors (Lipinski definition) is 4. The van der Waals surface area contributed by atoms with Gasteiger partial charge in [-0.2, -0.15) is 0 Å². The molecule has 0 unspecified atom stereocenters. The SMILES string of the molecule is COc1ccc(C(=O)N[C@@H]2CCCC[C@@H]2CN)cc1N1CCNC1=O. The van der Waals surface area contributed by atoms with Gasteiger partial charge in [-0.05, 0) is 43.5 Å². The number of nitrogens with two attached hydrogens (primary N) is 1. The van der Waals surface area contributed by atoms with E-state index in [9.17, 15) is 9.59 Å². The van der Waals surface area contributed by atoms with Gasteiger partial charge in [0.15, 0.2) is 0 Å². The van der Waals surface area contributed by atoms with E-state index in [0.717, 1.165) is 19.3 Å². The molecule has 1 saturated heterocycles. The molecule has 0 spiro atoms. The van der Waals surface area contributed by atoms with E-state index < -0.39 is 0 Å². The first kappa shape index (κ1) is 17.5. The normalized spacial score (nSPS) is 23.3. The standard InChI is InChI=1S/C18H26N4O3/c1-25-16-7-6-12(10-15(16)22-9-8-20-18(22)24)17(23)21-14-5-3-2-4-13(14)11-19/h6-7,10,13-14H,2-5,8-9,11,19H2,1H3,(H,20,24)(H,21,23)/t13-,14-/m1/s1. The molecule has 25 heavy (non-hydrogen) atoms. The Labute approximate surface area is 147 Å². The maximum Gasteiger partial charge on any atom is 0.322 e. The molecule has 3 rings (SSSR count). The van der Waals surface area contributed by atoms with Gasteiger partial charge in [-0.1, -0.05) is 12.8 Å². The minimum absolute atomic E-state index is 0.117. The average molecular weight is 346 g/mol. The van der Waals surface area contributed by atoms with Crippen LogP contribution < -0.4 is 26.0 Å². The van der Waals surface area contributed by atoms with Crippen molar-refractivity contribution in [2.24, 2.45) is 11.7 Å². The lowest BCUT2D eigenvalue weighted by molar-refractivity contribution is 0.0908. The number of anilines is 1. The molecule has 1 heterocycles. The van der Waals surface area contributed by atoms with Crippen LogP contribution in [0.5, 0.6) is 5.75 Å². The summed E-state index contributed by atoms with van der Waals surface area (Å²) in [5, 5.41) is 5.89. The zero-order valence-electron chi connectivity index (χ0n) is 14.6. The summed E-state index contributed by atoms with van der Waals surface area (Å²) in [4.78, 5) is 26.3. The van der Waals surface area contributed by atoms with Crippen molar-refractivity contribution in [1.82, 2.24) is 10.6 Å². The highest BCUT2D eigenvalue weighted by Crippen LogP contribution is 2.31. The van der Waals surface area contributed by atoms with E-state index in [2.05, 4.69) is 10.6 Å². The van der Waals surface area contributed by atoms with Crippen molar-refractivity contribution in [1.29, 1.82) is 0 Å². The zero-order chi connectivity index (χ0) is 17.8. The Morgan fingerprint density at radius 3 is 2.88 bits per heavy atom. The fourth-order valence-corrected chi connectivity index (χ4v) is 3.68. The number of benzene rings is 1. The van der Waals surface area contributed by atoms with Crippen LogP contribution in [0, 0.1) is 5.92 Å². The highest BCUT2D eigenvalue weighted by atomic mass is 16.5. The molecular weight excluding hydrogens is 320 g/mol. The molecule has 2 aliphatic rings. The topological polar surface area (TPSA) is 96.7 Å². The van der Waals surface area contributed by atoms with Crippen molar-refractivity contribution in [3.05, 3.63) is 23.8 Å². The third-order valence-electron chi connectivity index (χ3n) is 5.12. The summed E-state index contributed by atoms with van der Waals surface area (Å²) in [5.74, 6) is 0.778. The van der Waals surface area contributed by atoms with E-state index in [4.69, 9.17) is 10.5 Å². The summed E-state index contributed by atoms with van der Waals surface area (Å²) in [6, 6.07) is 5.13. The molecule has 1 aromatic carbocycles. The summed E-state index contributed by atoms with van der Waals surface area (Å²) in [5.41, 5.74) is 6.99. The van der Waals surface area contributed by atoms with Gasteiger partial charge in [0.05, 0.1) is 12.8 Å². The first-order valence-corrected chi connectivity index (χ1v) is 8.88. The Kier molecular flexibility index (Phi) is 5.43. The second kappa shape index (κ2) is 7.74. The van der Waals surface area contributed by atoms with Crippen LogP contribution >= 0.6 is 0 Å². The van der Waals surface area contributed by atoms with Gasteiger partial charge >= 0.3 is 6.03 Å². The molecule has 1 aliphatic carbocycles. The number of rotatable bonds is 5. The van der Waals surface area contributed by atoms with Gasteiger partial charge < -0.3 is 21.1 Å². The molecular formula is C18H26N4O3. The van der Waals surface area contributed by atoms with Crippen LogP contribution in [-0.4, -0.2) is 44.7 Å². The van der Waals surface area contributed by atoms with Crippen LogP contribution in [0.2, 0.25) is 0 Å². The Morgan fingerprint density at radius 1 is 1.40 bits per heavy atom. The molecule has 7 nitrogen and oxygen atoms in total. The highest BCUT2D eigenvalue weighted by Gasteiger charge is 2.28. The lowest BCUT2D eigenvalue weighted by Crippen LogP contribution is -2.44. The lowest BCUT2D eigenvalue weighted by atomic mass is 9.84. The lowest BCUT2D eigenvalue weighted by Gasteiger charge is -2.31. The molecule has 1 aromatic rings. The predicted octanol–water partition coefficient (Wildman–Crippen LogP) is 1.47. The third kappa shape index (κ3) is 3.71. The number of amides is 3. The van der Waals surface area contributed by atoms with E-state index in [1.54, 1.807) is 30.2 Å². The molecule has 0 bridgehead atoms. The van der Waals surface area contributed by atoms with Crippen molar-refractivity contribution in [2.45, 2.75) is 31.7 Å². The predicted molar refractivity (Wildman–Crippen MR) is 96.0 cm³/mol. The maximum atomic E-state index is 12.7. The van der Waals surface area contributed by atoms with Crippen LogP contribution in [0.1, 0.15) is 36.0 Å². The summed E-state index contributed by atoms with van der Waals surface area (Å²) < 4.78 is 5.36. The van der Waals surface area contributed by atoms with Gasteiger partial charge in [-0.3, -0.25) is 9.69 Å². The van der Waals surface area contributed by atoms with Crippen molar-refractivity contribution < 1.29 is 14.3 Å². The smallest absolute Gasteiger partial charge is 0.322 e. The van der Waals surface area contributed by atoms with Crippen LogP contribution in [0.3, 0.4) is 0 Å². The molecule has 0 radical (unpaired) electrons. The second-order valence-electron chi connectivity index (χ2n) is 6.63. The van der Waals surface area contributed by atoms with Gasteiger partial charge in [-0.15, -0.1) is 0 Å². The Hall–Kier alpha value is -2.28. The number of nitrogens with zero attached hydrogens (tertiary/aromatic N) is 1. The quantitative estimate of drug-likeness (QED) is 0.752. The number of carbonyl (C=O) groups is 2. The molecule has 136 valence electrons. The molecule has 7 heteroatoms. The van der Waals surface area contributed by atoms with Crippen LogP contribution in [0.15, 0.2) is 18.2 Å². The van der Waals surface area contributed by atoms with Crippen LogP contribution in [0.25, 0.3) is 0 Å². The van der Waals surface area contributed by atoms with Gasteiger partial charge in [0.2, 0.25) is 0 Å². The van der Waals surface area contributed by atoms with Crippen molar-refractivity contribution >= 4 is 17.6 Å². The number of urea groups is 1. The van der Waals surface area contributed by atoms with Crippen LogP contribution in [-0.2, 0) is 0 Å². The van der Waals surface area contributed by atoms with E-state index in [-0.39, 0.29) is 18.0 Å². The van der Waals surface area contributed by atoms with Gasteiger partial charge in [-0.25, -0.2) is 4.79 Å². The Bertz CT molecular complexity index is 649. The number of carbonyl (C=O) groups excluding carboxylic acids is 2. The molecule has 0 aromatic heterocycles. The fraction of sp³-hybridized carbons (Fsp3) is 0.556. The Morgan fingerprint density at radius 2 is 2.20 bits per heavy atom. The molecule has 3 amide bonds. The zero-order valence-corrected chi connectivity index (χ0v) is 14.6. The van der Waals surface area contributed by atoms with Crippen molar-refractivity contribution in [2.75, 3.05) is 31.6 Å². The third-order valence-corrected chi connectivity index (χ3v) is 5.12. The monoisotopic (exact) mass is 346 g/mol. The summed E-state index contributed by atoms with van der Waals surface area (Å²) in [6.07, 6.45) is 4.31. The van der Waals surface area contributed by atoms with E-state index in [1.807, 2.05) is 0 Å². The first-order chi connectivity index (χ1) is 12.1. The maximum absolute atomic E-state index is 12.7. The average Bonchev–Trinajstić information content (AvgIpc) is 3.07. The van der Waals surface area contributed by atoms with Gasteiger partial charge in [0.25, 0.3) is 5.91 Å². The van der Waals surface area contributed by atoms with E-state index in [1.165, 1.54) is 6.42 Å². The first-order valence-electron chi connectivity index (χ1n) is 8.88. The largest absolute Gasteiger partial charge is 0.495 e. The van der Waals surface area contributed by atoms with Crippen molar-refractivity contribution in [3.8, 4) is 5.75 Å². The molecule has 4 N–H and O–H groups in total. The Balaban J connectivity index is 1.79. The summed E-state index contributed by atoms with van der Waals surface area (Å²) in [6.45, 7) is 1.73.